The number of nitrogens with zero attached hydrogens (tertiary/aromatic N) is 2. The van der Waals surface area contributed by atoms with Crippen molar-refractivity contribution in [3.05, 3.63) is 18.0 Å². The zero-order valence-electron chi connectivity index (χ0n) is 9.44. The van der Waals surface area contributed by atoms with E-state index in [1.54, 1.807) is 4.68 Å². The summed E-state index contributed by atoms with van der Waals surface area (Å²) in [7, 11) is 1.84. The van der Waals surface area contributed by atoms with Gasteiger partial charge in [-0.2, -0.15) is 5.10 Å². The molecule has 1 unspecified atom stereocenters. The van der Waals surface area contributed by atoms with Gasteiger partial charge in [-0.05, 0) is 12.5 Å². The number of ketones is 1. The molecule has 84 valence electrons. The number of rotatable bonds is 6. The lowest BCUT2D eigenvalue weighted by molar-refractivity contribution is -0.119. The number of aryl methyl sites for hydroxylation is 1. The Bertz CT molecular complexity index is 319. The molecule has 0 aliphatic carbocycles. The van der Waals surface area contributed by atoms with Crippen LogP contribution in [0.15, 0.2) is 12.3 Å². The van der Waals surface area contributed by atoms with E-state index in [1.807, 2.05) is 19.3 Å². The molecule has 0 saturated heterocycles. The van der Waals surface area contributed by atoms with Gasteiger partial charge in [0.25, 0.3) is 0 Å². The number of aromatic nitrogens is 2. The maximum Gasteiger partial charge on any atom is 0.155 e. The molecule has 1 rings (SSSR count). The summed E-state index contributed by atoms with van der Waals surface area (Å²) < 4.78 is 1.69. The quantitative estimate of drug-likeness (QED) is 0.761. The molecule has 4 heteroatoms. The van der Waals surface area contributed by atoms with Gasteiger partial charge >= 0.3 is 0 Å². The van der Waals surface area contributed by atoms with Crippen LogP contribution in [0.3, 0.4) is 0 Å². The maximum atomic E-state index is 11.7. The summed E-state index contributed by atoms with van der Waals surface area (Å²) in [5, 5.41) is 4.15. The molecule has 4 nitrogen and oxygen atoms in total. The molecule has 15 heavy (non-hydrogen) atoms. The van der Waals surface area contributed by atoms with Gasteiger partial charge < -0.3 is 5.73 Å². The normalized spacial score (nSPS) is 12.7. The predicted octanol–water partition coefficient (Wildman–Crippen LogP) is 1.05. The lowest BCUT2D eigenvalue weighted by atomic mass is 10.0. The molecule has 1 aromatic rings. The first-order valence-corrected chi connectivity index (χ1v) is 5.40. The van der Waals surface area contributed by atoms with E-state index >= 15 is 0 Å². The van der Waals surface area contributed by atoms with Crippen LogP contribution in [-0.2, 0) is 18.3 Å². The van der Waals surface area contributed by atoms with Crippen molar-refractivity contribution in [1.29, 1.82) is 0 Å². The van der Waals surface area contributed by atoms with Crippen LogP contribution in [0.2, 0.25) is 0 Å². The van der Waals surface area contributed by atoms with Crippen LogP contribution in [0.5, 0.6) is 0 Å². The number of Topliss-reactive ketones (excluding diaryl/α,β-unsaturated/α-hetero) is 1. The van der Waals surface area contributed by atoms with E-state index in [9.17, 15) is 4.79 Å². The average Bonchev–Trinajstić information content (AvgIpc) is 2.60. The van der Waals surface area contributed by atoms with E-state index in [4.69, 9.17) is 5.73 Å². The van der Waals surface area contributed by atoms with Crippen molar-refractivity contribution >= 4 is 5.78 Å². The van der Waals surface area contributed by atoms with Crippen LogP contribution in [0.4, 0.5) is 0 Å². The molecule has 0 aromatic carbocycles. The smallest absolute Gasteiger partial charge is 0.155 e. The van der Waals surface area contributed by atoms with Gasteiger partial charge in [0.2, 0.25) is 0 Å². The highest BCUT2D eigenvalue weighted by Gasteiger charge is 2.14. The minimum Gasteiger partial charge on any atom is -0.321 e. The Morgan fingerprint density at radius 2 is 2.40 bits per heavy atom. The lowest BCUT2D eigenvalue weighted by Crippen LogP contribution is -2.31. The standard InChI is InChI=1S/C11H19N3O/c1-3-4-5-10(12)11(15)8-9-6-7-14(2)13-9/h6-7,10H,3-5,8,12H2,1-2H3. The SMILES string of the molecule is CCCCC(N)C(=O)Cc1ccn(C)n1. The Hall–Kier alpha value is -1.16. The Balaban J connectivity index is 2.41. The summed E-state index contributed by atoms with van der Waals surface area (Å²) in [6, 6.07) is 1.52. The number of hydrogen-bond donors (Lipinski definition) is 1. The summed E-state index contributed by atoms with van der Waals surface area (Å²) in [5.74, 6) is 0.0853. The number of carbonyl (C=O) groups excluding carboxylic acids is 1. The first-order chi connectivity index (χ1) is 7.13. The van der Waals surface area contributed by atoms with Crippen LogP contribution in [0.1, 0.15) is 31.9 Å². The largest absolute Gasteiger partial charge is 0.321 e. The van der Waals surface area contributed by atoms with Crippen molar-refractivity contribution in [2.24, 2.45) is 12.8 Å². The van der Waals surface area contributed by atoms with Crippen molar-refractivity contribution in [1.82, 2.24) is 9.78 Å². The fraction of sp³-hybridized carbons (Fsp3) is 0.636. The van der Waals surface area contributed by atoms with E-state index in [-0.39, 0.29) is 11.8 Å². The lowest BCUT2D eigenvalue weighted by Gasteiger charge is -2.08. The van der Waals surface area contributed by atoms with Gasteiger partial charge in [-0.25, -0.2) is 0 Å². The molecule has 0 amide bonds. The summed E-state index contributed by atoms with van der Waals surface area (Å²) in [5.41, 5.74) is 6.57. The molecule has 0 radical (unpaired) electrons. The highest BCUT2D eigenvalue weighted by molar-refractivity contribution is 5.85. The van der Waals surface area contributed by atoms with E-state index in [0.29, 0.717) is 6.42 Å². The van der Waals surface area contributed by atoms with Crippen LogP contribution < -0.4 is 5.73 Å². The third-order valence-electron chi connectivity index (χ3n) is 2.41. The van der Waals surface area contributed by atoms with Crippen LogP contribution in [-0.4, -0.2) is 21.6 Å². The van der Waals surface area contributed by atoms with Crippen molar-refractivity contribution in [3.63, 3.8) is 0 Å². The van der Waals surface area contributed by atoms with Crippen molar-refractivity contribution in [2.75, 3.05) is 0 Å². The average molecular weight is 209 g/mol. The van der Waals surface area contributed by atoms with Gasteiger partial charge in [0.1, 0.15) is 0 Å². The number of nitrogens with two attached hydrogens (primary N) is 1. The zero-order valence-corrected chi connectivity index (χ0v) is 9.44. The monoisotopic (exact) mass is 209 g/mol. The first-order valence-electron chi connectivity index (χ1n) is 5.40. The van der Waals surface area contributed by atoms with Gasteiger partial charge in [-0.3, -0.25) is 9.48 Å². The van der Waals surface area contributed by atoms with Crippen LogP contribution >= 0.6 is 0 Å². The summed E-state index contributed by atoms with van der Waals surface area (Å²) >= 11 is 0. The topological polar surface area (TPSA) is 60.9 Å². The third kappa shape index (κ3) is 3.83. The highest BCUT2D eigenvalue weighted by Crippen LogP contribution is 2.03. The molecule has 0 bridgehead atoms. The second kappa shape index (κ2) is 5.66. The number of hydrogen-bond acceptors (Lipinski definition) is 3. The Morgan fingerprint density at radius 3 is 2.93 bits per heavy atom. The molecule has 0 spiro atoms. The minimum absolute atomic E-state index is 0.0853. The summed E-state index contributed by atoms with van der Waals surface area (Å²) in [6.45, 7) is 2.09. The highest BCUT2D eigenvalue weighted by atomic mass is 16.1. The Labute approximate surface area is 90.5 Å². The molecule has 1 aromatic heterocycles. The van der Waals surface area contributed by atoms with E-state index in [0.717, 1.165) is 25.0 Å². The minimum atomic E-state index is -0.327. The van der Waals surface area contributed by atoms with Gasteiger partial charge in [-0.1, -0.05) is 19.8 Å². The fourth-order valence-electron chi connectivity index (χ4n) is 1.45. The van der Waals surface area contributed by atoms with Crippen LogP contribution in [0, 0.1) is 0 Å². The van der Waals surface area contributed by atoms with E-state index < -0.39 is 0 Å². The molecule has 1 atom stereocenters. The van der Waals surface area contributed by atoms with Gasteiger partial charge in [0.15, 0.2) is 5.78 Å². The molecule has 0 fully saturated rings. The third-order valence-corrected chi connectivity index (χ3v) is 2.41. The Morgan fingerprint density at radius 1 is 1.67 bits per heavy atom. The molecule has 1 heterocycles. The molecule has 2 N–H and O–H groups in total. The number of carbonyl (C=O) groups is 1. The van der Waals surface area contributed by atoms with E-state index in [1.165, 1.54) is 0 Å². The van der Waals surface area contributed by atoms with E-state index in [2.05, 4.69) is 12.0 Å². The second-order valence-electron chi connectivity index (χ2n) is 3.87. The second-order valence-corrected chi connectivity index (χ2v) is 3.87. The molecule has 0 aliphatic rings. The molecule has 0 aliphatic heterocycles. The fourth-order valence-corrected chi connectivity index (χ4v) is 1.45. The zero-order chi connectivity index (χ0) is 11.3. The van der Waals surface area contributed by atoms with Crippen molar-refractivity contribution in [2.45, 2.75) is 38.6 Å². The molecular weight excluding hydrogens is 190 g/mol. The Kier molecular flexibility index (Phi) is 4.49. The predicted molar refractivity (Wildman–Crippen MR) is 59.4 cm³/mol. The summed E-state index contributed by atoms with van der Waals surface area (Å²) in [6.07, 6.45) is 5.05. The van der Waals surface area contributed by atoms with Crippen LogP contribution in [0.25, 0.3) is 0 Å². The van der Waals surface area contributed by atoms with Gasteiger partial charge in [0, 0.05) is 13.2 Å². The van der Waals surface area contributed by atoms with Crippen molar-refractivity contribution in [3.8, 4) is 0 Å². The maximum absolute atomic E-state index is 11.7. The van der Waals surface area contributed by atoms with Gasteiger partial charge in [-0.15, -0.1) is 0 Å². The summed E-state index contributed by atoms with van der Waals surface area (Å²) in [4.78, 5) is 11.7. The first kappa shape index (κ1) is 11.9. The van der Waals surface area contributed by atoms with Crippen molar-refractivity contribution < 1.29 is 4.79 Å². The van der Waals surface area contributed by atoms with Gasteiger partial charge in [0.05, 0.1) is 18.2 Å². The molecule has 0 saturated carbocycles. The number of unbranched alkanes of at least 4 members (excludes halogenated alkanes) is 1. The molecular formula is C11H19N3O.